The van der Waals surface area contributed by atoms with Crippen molar-refractivity contribution in [1.82, 2.24) is 4.90 Å². The van der Waals surface area contributed by atoms with E-state index in [1.54, 1.807) is 19.4 Å². The Morgan fingerprint density at radius 3 is 2.73 bits per heavy atom. The van der Waals surface area contributed by atoms with Crippen molar-refractivity contribution < 1.29 is 13.9 Å². The van der Waals surface area contributed by atoms with Crippen LogP contribution >= 0.6 is 0 Å². The van der Waals surface area contributed by atoms with E-state index in [0.717, 1.165) is 49.5 Å². The maximum absolute atomic E-state index is 14.8. The van der Waals surface area contributed by atoms with Crippen molar-refractivity contribution in [3.63, 3.8) is 0 Å². The van der Waals surface area contributed by atoms with Crippen LogP contribution in [0.25, 0.3) is 5.57 Å². The zero-order chi connectivity index (χ0) is 21.1. The molecule has 2 aliphatic heterocycles. The number of methoxy groups -OCH3 is 1. The number of nitrogens with one attached hydrogen (secondary N) is 2. The average molecular weight is 410 g/mol. The minimum atomic E-state index is -0.267. The van der Waals surface area contributed by atoms with Crippen molar-refractivity contribution in [3.8, 4) is 0 Å². The van der Waals surface area contributed by atoms with Crippen molar-refractivity contribution >= 4 is 28.5 Å². The highest BCUT2D eigenvalue weighted by Crippen LogP contribution is 2.34. The minimum absolute atomic E-state index is 0.157. The van der Waals surface area contributed by atoms with Crippen LogP contribution in [0.5, 0.6) is 0 Å². The Balaban J connectivity index is 1.44. The Labute approximate surface area is 176 Å². The second kappa shape index (κ2) is 8.85. The fourth-order valence-corrected chi connectivity index (χ4v) is 4.01. The largest absolute Gasteiger partial charge is 0.383 e. The van der Waals surface area contributed by atoms with Gasteiger partial charge in [0.2, 0.25) is 0 Å². The van der Waals surface area contributed by atoms with Gasteiger partial charge in [-0.05, 0) is 36.8 Å². The lowest BCUT2D eigenvalue weighted by Gasteiger charge is -2.36. The Kier molecular flexibility index (Phi) is 6.01. The van der Waals surface area contributed by atoms with Gasteiger partial charge in [0.1, 0.15) is 5.82 Å². The number of carbonyl (C=O) groups excluding carboxylic acids is 1. The number of benzene rings is 2. The average Bonchev–Trinajstić information content (AvgIpc) is 3.07. The molecule has 30 heavy (non-hydrogen) atoms. The number of piperazine rings is 1. The summed E-state index contributed by atoms with van der Waals surface area (Å²) in [5.41, 5.74) is 4.49. The zero-order valence-electron chi connectivity index (χ0n) is 17.4. The summed E-state index contributed by atoms with van der Waals surface area (Å²) < 4.78 is 19.9. The molecule has 4 rings (SSSR count). The lowest BCUT2D eigenvalue weighted by Crippen LogP contribution is -2.47. The molecule has 158 valence electrons. The molecule has 0 aromatic heterocycles. The number of fused-ring (bicyclic) bond motifs is 1. The van der Waals surface area contributed by atoms with Crippen molar-refractivity contribution in [2.45, 2.75) is 6.92 Å². The van der Waals surface area contributed by atoms with Crippen LogP contribution in [0, 0.1) is 12.7 Å². The Bertz CT molecular complexity index is 968. The van der Waals surface area contributed by atoms with Crippen LogP contribution in [0.4, 0.5) is 21.5 Å². The van der Waals surface area contributed by atoms with Gasteiger partial charge in [0.25, 0.3) is 5.91 Å². The molecule has 6 nitrogen and oxygen atoms in total. The standard InChI is InChI=1S/C23H27FN4O2/c1-16-4-3-5-20-22(16)18(23(29)26-20)15-25-17-6-7-21(19(24)14-17)28-10-8-27(9-11-28)12-13-30-2/h3-7,14-15,25H,8-13H2,1-2H3,(H,26,29). The Morgan fingerprint density at radius 2 is 2.00 bits per heavy atom. The van der Waals surface area contributed by atoms with E-state index >= 15 is 0 Å². The van der Waals surface area contributed by atoms with Gasteiger partial charge in [0.05, 0.1) is 17.9 Å². The summed E-state index contributed by atoms with van der Waals surface area (Å²) in [6.45, 7) is 6.94. The van der Waals surface area contributed by atoms with Crippen molar-refractivity contribution in [1.29, 1.82) is 0 Å². The van der Waals surface area contributed by atoms with Crippen LogP contribution in [0.3, 0.4) is 0 Å². The van der Waals surface area contributed by atoms with Crippen LogP contribution in [-0.4, -0.2) is 57.2 Å². The van der Waals surface area contributed by atoms with E-state index in [-0.39, 0.29) is 11.7 Å². The summed E-state index contributed by atoms with van der Waals surface area (Å²) in [5, 5.41) is 5.95. The Morgan fingerprint density at radius 1 is 1.20 bits per heavy atom. The highest BCUT2D eigenvalue weighted by molar-refractivity contribution is 6.32. The molecule has 0 spiro atoms. The second-order valence-electron chi connectivity index (χ2n) is 7.64. The maximum Gasteiger partial charge on any atom is 0.257 e. The molecule has 2 heterocycles. The molecule has 2 aromatic rings. The molecular formula is C23H27FN4O2. The highest BCUT2D eigenvalue weighted by atomic mass is 19.1. The molecule has 2 aliphatic rings. The third-order valence-corrected chi connectivity index (χ3v) is 5.69. The first kappa shape index (κ1) is 20.4. The maximum atomic E-state index is 14.8. The molecular weight excluding hydrogens is 383 g/mol. The quantitative estimate of drug-likeness (QED) is 0.716. The van der Waals surface area contributed by atoms with Crippen LogP contribution in [0.2, 0.25) is 0 Å². The van der Waals surface area contributed by atoms with E-state index in [1.165, 1.54) is 6.07 Å². The molecule has 2 N–H and O–H groups in total. The van der Waals surface area contributed by atoms with Gasteiger partial charge in [-0.15, -0.1) is 0 Å². The molecule has 0 saturated carbocycles. The van der Waals surface area contributed by atoms with Crippen molar-refractivity contribution in [2.24, 2.45) is 0 Å². The molecule has 0 aliphatic carbocycles. The van der Waals surface area contributed by atoms with Gasteiger partial charge in [0.15, 0.2) is 0 Å². The number of halogens is 1. The van der Waals surface area contributed by atoms with E-state index < -0.39 is 0 Å². The molecule has 7 heteroatoms. The fraction of sp³-hybridized carbons (Fsp3) is 0.348. The summed E-state index contributed by atoms with van der Waals surface area (Å²) in [6, 6.07) is 10.9. The van der Waals surface area contributed by atoms with Gasteiger partial charge < -0.3 is 20.3 Å². The topological polar surface area (TPSA) is 56.8 Å². The first-order valence-corrected chi connectivity index (χ1v) is 10.2. The van der Waals surface area contributed by atoms with E-state index in [4.69, 9.17) is 4.74 Å². The van der Waals surface area contributed by atoms with Crippen LogP contribution in [-0.2, 0) is 9.53 Å². The van der Waals surface area contributed by atoms with Gasteiger partial charge in [-0.1, -0.05) is 12.1 Å². The zero-order valence-corrected chi connectivity index (χ0v) is 17.4. The van der Waals surface area contributed by atoms with Crippen LogP contribution < -0.4 is 15.5 Å². The molecule has 1 saturated heterocycles. The van der Waals surface area contributed by atoms with E-state index in [9.17, 15) is 9.18 Å². The first-order valence-electron chi connectivity index (χ1n) is 10.2. The molecule has 0 bridgehead atoms. The summed E-state index contributed by atoms with van der Waals surface area (Å²) in [7, 11) is 1.70. The minimum Gasteiger partial charge on any atom is -0.383 e. The van der Waals surface area contributed by atoms with Gasteiger partial charge in [-0.3, -0.25) is 9.69 Å². The van der Waals surface area contributed by atoms with Crippen molar-refractivity contribution in [2.75, 3.05) is 62.0 Å². The third-order valence-electron chi connectivity index (χ3n) is 5.69. The number of nitrogens with zero attached hydrogens (tertiary/aromatic N) is 2. The number of rotatable bonds is 6. The summed E-state index contributed by atoms with van der Waals surface area (Å²) in [6.07, 6.45) is 1.65. The lowest BCUT2D eigenvalue weighted by molar-refractivity contribution is -0.110. The molecule has 0 unspecified atom stereocenters. The normalized spacial score (nSPS) is 17.9. The summed E-state index contributed by atoms with van der Waals surface area (Å²) in [5.74, 6) is -0.425. The van der Waals surface area contributed by atoms with Crippen LogP contribution in [0.15, 0.2) is 42.6 Å². The third kappa shape index (κ3) is 4.17. The van der Waals surface area contributed by atoms with Crippen molar-refractivity contribution in [3.05, 3.63) is 59.5 Å². The SMILES string of the molecule is COCCN1CCN(c2ccc(NC=C3C(=O)Nc4cccc(C)c43)cc2F)CC1. The summed E-state index contributed by atoms with van der Waals surface area (Å²) in [4.78, 5) is 16.7. The molecule has 0 radical (unpaired) electrons. The number of ether oxygens (including phenoxy) is 1. The first-order chi connectivity index (χ1) is 14.6. The second-order valence-corrected chi connectivity index (χ2v) is 7.64. The Hall–Kier alpha value is -2.90. The number of amides is 1. The van der Waals surface area contributed by atoms with E-state index in [2.05, 4.69) is 20.4 Å². The molecule has 0 atom stereocenters. The number of anilines is 3. The monoisotopic (exact) mass is 410 g/mol. The fourth-order valence-electron chi connectivity index (χ4n) is 4.01. The molecule has 1 fully saturated rings. The predicted molar refractivity (Wildman–Crippen MR) is 118 cm³/mol. The number of aryl methyl sites for hydroxylation is 1. The number of carbonyl (C=O) groups is 1. The van der Waals surface area contributed by atoms with Crippen LogP contribution in [0.1, 0.15) is 11.1 Å². The van der Waals surface area contributed by atoms with E-state index in [1.807, 2.05) is 31.2 Å². The lowest BCUT2D eigenvalue weighted by atomic mass is 10.0. The summed E-state index contributed by atoms with van der Waals surface area (Å²) >= 11 is 0. The molecule has 2 aromatic carbocycles. The highest BCUT2D eigenvalue weighted by Gasteiger charge is 2.25. The van der Waals surface area contributed by atoms with E-state index in [0.29, 0.717) is 23.6 Å². The molecule has 1 amide bonds. The smallest absolute Gasteiger partial charge is 0.257 e. The predicted octanol–water partition coefficient (Wildman–Crippen LogP) is 3.31. The van der Waals surface area contributed by atoms with Gasteiger partial charge in [-0.2, -0.15) is 0 Å². The number of hydrogen-bond donors (Lipinski definition) is 2. The number of hydrogen-bond acceptors (Lipinski definition) is 5. The van der Waals surface area contributed by atoms with Gasteiger partial charge in [0, 0.05) is 63.0 Å². The van der Waals surface area contributed by atoms with Gasteiger partial charge >= 0.3 is 0 Å². The van der Waals surface area contributed by atoms with Gasteiger partial charge in [-0.25, -0.2) is 4.39 Å².